The van der Waals surface area contributed by atoms with Gasteiger partial charge in [-0.05, 0) is 12.1 Å². The molecule has 0 aromatic heterocycles. The lowest BCUT2D eigenvalue weighted by Gasteiger charge is -1.92. The second-order valence-electron chi connectivity index (χ2n) is 1.85. The minimum absolute atomic E-state index is 0.185. The van der Waals surface area contributed by atoms with Crippen LogP contribution in [0.2, 0.25) is 5.02 Å². The van der Waals surface area contributed by atoms with E-state index in [4.69, 9.17) is 11.6 Å². The zero-order chi connectivity index (χ0) is 8.43. The first-order chi connectivity index (χ1) is 5.11. The van der Waals surface area contributed by atoms with Crippen LogP contribution >= 0.6 is 11.6 Å². The number of hydrogen-bond donors (Lipinski definition) is 0. The fourth-order valence-electron chi connectivity index (χ4n) is 0.629. The number of halogens is 2. The summed E-state index contributed by atoms with van der Waals surface area (Å²) in [7, 11) is 0. The molecule has 58 valence electrons. The Morgan fingerprint density at radius 1 is 1.55 bits per heavy atom. The van der Waals surface area contributed by atoms with Gasteiger partial charge in [-0.1, -0.05) is 11.6 Å². The van der Waals surface area contributed by atoms with E-state index in [2.05, 4.69) is 0 Å². The third-order valence-corrected chi connectivity index (χ3v) is 1.41. The number of nitrogens with zero attached hydrogens (tertiary/aromatic N) is 1. The molecule has 0 spiro atoms. The van der Waals surface area contributed by atoms with Crippen molar-refractivity contribution < 1.29 is 9.31 Å². The highest BCUT2D eigenvalue weighted by atomic mass is 35.5. The summed E-state index contributed by atoms with van der Waals surface area (Å²) >= 11 is 5.34. The normalized spacial score (nSPS) is 9.64. The fraction of sp³-hybridized carbons (Fsp3) is 0. The maximum Gasteiger partial charge on any atom is 0.288 e. The molecule has 0 fully saturated rings. The molecule has 0 saturated carbocycles. The van der Waals surface area contributed by atoms with Crippen LogP contribution in [0.15, 0.2) is 18.2 Å². The second kappa shape index (κ2) is 2.84. The topological polar surface area (TPSA) is 43.1 Å². The predicted molar refractivity (Wildman–Crippen MR) is 38.1 cm³/mol. The van der Waals surface area contributed by atoms with Crippen molar-refractivity contribution in [2.24, 2.45) is 0 Å². The molecule has 1 aromatic rings. The molecule has 1 aromatic carbocycles. The summed E-state index contributed by atoms with van der Waals surface area (Å²) in [5, 5.41) is 9.95. The zero-order valence-corrected chi connectivity index (χ0v) is 6.01. The molecule has 0 amide bonds. The average Bonchev–Trinajstić information content (AvgIpc) is 1.85. The lowest BCUT2D eigenvalue weighted by atomic mass is 10.3. The Balaban J connectivity index is 3.20. The summed E-state index contributed by atoms with van der Waals surface area (Å²) in [4.78, 5) is 9.47. The van der Waals surface area contributed by atoms with Crippen LogP contribution in [-0.2, 0) is 0 Å². The summed E-state index contributed by atoms with van der Waals surface area (Å²) in [5.41, 5.74) is -0.284. The molecule has 0 radical (unpaired) electrons. The number of hydrogen-bond acceptors (Lipinski definition) is 2. The van der Waals surface area contributed by atoms with Gasteiger partial charge >= 0.3 is 0 Å². The van der Waals surface area contributed by atoms with Crippen LogP contribution in [0, 0.1) is 15.9 Å². The molecule has 0 aliphatic heterocycles. The molecule has 0 aliphatic rings. The number of nitro benzene ring substituents is 1. The van der Waals surface area contributed by atoms with Gasteiger partial charge < -0.3 is 0 Å². The molecule has 0 saturated heterocycles. The van der Waals surface area contributed by atoms with Crippen molar-refractivity contribution in [3.8, 4) is 0 Å². The second-order valence-corrected chi connectivity index (χ2v) is 2.26. The molecule has 0 N–H and O–H groups in total. The van der Waals surface area contributed by atoms with E-state index in [9.17, 15) is 14.5 Å². The number of nitro groups is 1. The number of benzene rings is 1. The van der Waals surface area contributed by atoms with Crippen LogP contribution in [0.5, 0.6) is 0 Å². The van der Waals surface area contributed by atoms with Crippen molar-refractivity contribution in [3.63, 3.8) is 0 Å². The Kier molecular flexibility index (Phi) is 2.05. The molecule has 0 unspecified atom stereocenters. The van der Waals surface area contributed by atoms with Gasteiger partial charge in [-0.3, -0.25) is 10.1 Å². The Morgan fingerprint density at radius 2 is 2.18 bits per heavy atom. The summed E-state index contributed by atoms with van der Waals surface area (Å²) in [6.45, 7) is 0. The maximum atomic E-state index is 12.3. The van der Waals surface area contributed by atoms with Gasteiger partial charge in [0.2, 0.25) is 0 Å². The van der Waals surface area contributed by atoms with Gasteiger partial charge in [0, 0.05) is 6.07 Å². The van der Waals surface area contributed by atoms with Crippen LogP contribution in [0.25, 0.3) is 0 Å². The van der Waals surface area contributed by atoms with E-state index < -0.39 is 10.7 Å². The third kappa shape index (κ3) is 1.65. The van der Waals surface area contributed by atoms with E-state index in [1.54, 1.807) is 0 Å². The molecule has 1 rings (SSSR count). The van der Waals surface area contributed by atoms with Crippen LogP contribution < -0.4 is 0 Å². The first kappa shape index (κ1) is 7.94. The van der Waals surface area contributed by atoms with Gasteiger partial charge in [0.05, 0.1) is 4.92 Å². The van der Waals surface area contributed by atoms with Gasteiger partial charge in [-0.25, -0.2) is 4.39 Å². The van der Waals surface area contributed by atoms with E-state index >= 15 is 0 Å². The average molecular weight is 175 g/mol. The molecular weight excluding hydrogens is 172 g/mol. The van der Waals surface area contributed by atoms with Crippen molar-refractivity contribution in [2.75, 3.05) is 0 Å². The third-order valence-electron chi connectivity index (χ3n) is 1.11. The highest BCUT2D eigenvalue weighted by molar-refractivity contribution is 6.32. The molecule has 5 heteroatoms. The van der Waals surface area contributed by atoms with Crippen molar-refractivity contribution in [3.05, 3.63) is 39.2 Å². The van der Waals surface area contributed by atoms with Crippen molar-refractivity contribution in [1.82, 2.24) is 0 Å². The Morgan fingerprint density at radius 3 is 2.64 bits per heavy atom. The van der Waals surface area contributed by atoms with Gasteiger partial charge in [0.25, 0.3) is 5.69 Å². The summed E-state index contributed by atoms with van der Waals surface area (Å²) in [6.07, 6.45) is 0. The van der Waals surface area contributed by atoms with Gasteiger partial charge in [-0.15, -0.1) is 0 Å². The van der Waals surface area contributed by atoms with Crippen molar-refractivity contribution in [1.29, 1.82) is 0 Å². The van der Waals surface area contributed by atoms with Gasteiger partial charge in [0.1, 0.15) is 10.8 Å². The van der Waals surface area contributed by atoms with Crippen LogP contribution in [0.3, 0.4) is 0 Å². The van der Waals surface area contributed by atoms with E-state index in [0.29, 0.717) is 0 Å². The molecule has 0 atom stereocenters. The molecule has 0 bridgehead atoms. The molecule has 0 heterocycles. The molecular formula is C6H3ClFNO2. The quantitative estimate of drug-likeness (QED) is 0.485. The summed E-state index contributed by atoms with van der Waals surface area (Å²) < 4.78 is 12.3. The highest BCUT2D eigenvalue weighted by Gasteiger charge is 2.11. The van der Waals surface area contributed by atoms with E-state index in [0.717, 1.165) is 18.2 Å². The Labute approximate surface area is 66.6 Å². The largest absolute Gasteiger partial charge is 0.288 e. The molecule has 11 heavy (non-hydrogen) atoms. The van der Waals surface area contributed by atoms with Crippen molar-refractivity contribution >= 4 is 17.3 Å². The maximum absolute atomic E-state index is 12.3. The standard InChI is InChI=1S/C6H3ClFNO2/c7-5-3-4(8)1-2-6(5)9(10)11/h1-3H/i8-1. The highest BCUT2D eigenvalue weighted by Crippen LogP contribution is 2.23. The monoisotopic (exact) mass is 174 g/mol. The van der Waals surface area contributed by atoms with Gasteiger partial charge in [-0.2, -0.15) is 0 Å². The molecule has 0 aliphatic carbocycles. The van der Waals surface area contributed by atoms with Crippen LogP contribution in [-0.4, -0.2) is 4.92 Å². The predicted octanol–water partition coefficient (Wildman–Crippen LogP) is 2.39. The Bertz CT molecular complexity index is 303. The Hall–Kier alpha value is -1.16. The van der Waals surface area contributed by atoms with Crippen LogP contribution in [0.1, 0.15) is 0 Å². The first-order valence-electron chi connectivity index (χ1n) is 2.70. The molecule has 3 nitrogen and oxygen atoms in total. The lowest BCUT2D eigenvalue weighted by molar-refractivity contribution is -0.384. The van der Waals surface area contributed by atoms with E-state index in [-0.39, 0.29) is 10.7 Å². The fourth-order valence-corrected chi connectivity index (χ4v) is 0.866. The van der Waals surface area contributed by atoms with E-state index in [1.165, 1.54) is 0 Å². The summed E-state index contributed by atoms with van der Waals surface area (Å²) in [5.74, 6) is -0.583. The zero-order valence-electron chi connectivity index (χ0n) is 5.25. The van der Waals surface area contributed by atoms with Crippen molar-refractivity contribution in [2.45, 2.75) is 0 Å². The van der Waals surface area contributed by atoms with Gasteiger partial charge in [0.15, 0.2) is 0 Å². The first-order valence-corrected chi connectivity index (χ1v) is 3.08. The summed E-state index contributed by atoms with van der Waals surface area (Å²) in [6, 6.07) is 2.92. The van der Waals surface area contributed by atoms with Crippen LogP contribution in [0.4, 0.5) is 10.1 Å². The minimum atomic E-state index is -0.665. The smallest absolute Gasteiger partial charge is 0.258 e. The van der Waals surface area contributed by atoms with E-state index in [1.807, 2.05) is 0 Å². The SMILES string of the molecule is O=[N+]([O-])c1ccc([18F])cc1Cl. The lowest BCUT2D eigenvalue weighted by Crippen LogP contribution is -1.88. The number of rotatable bonds is 1. The minimum Gasteiger partial charge on any atom is -0.258 e.